The second-order valence-corrected chi connectivity index (χ2v) is 5.17. The van der Waals surface area contributed by atoms with Gasteiger partial charge < -0.3 is 0 Å². The molecule has 10 radical (unpaired) electrons. The topological polar surface area (TPSA) is 0 Å². The molecule has 19 heavy (non-hydrogen) atoms. The van der Waals surface area contributed by atoms with Gasteiger partial charge in [0, 0.05) is 4.47 Å². The van der Waals surface area contributed by atoms with Gasteiger partial charge in [-0.3, -0.25) is 0 Å². The van der Waals surface area contributed by atoms with Gasteiger partial charge in [0.25, 0.3) is 0 Å². The van der Waals surface area contributed by atoms with Gasteiger partial charge in [-0.25, -0.2) is 0 Å². The van der Waals surface area contributed by atoms with Crippen molar-refractivity contribution in [1.82, 2.24) is 0 Å². The molecule has 0 spiro atoms. The summed E-state index contributed by atoms with van der Waals surface area (Å²) in [6, 6.07) is 7.81. The third-order valence-electron chi connectivity index (χ3n) is 3.14. The van der Waals surface area contributed by atoms with Crippen molar-refractivity contribution in [3.05, 3.63) is 39.9 Å². The van der Waals surface area contributed by atoms with Crippen LogP contribution in [0.25, 0.3) is 0 Å². The maximum Gasteiger partial charge on any atom is 0.113 e. The summed E-state index contributed by atoms with van der Waals surface area (Å²) in [7, 11) is 29.4. The van der Waals surface area contributed by atoms with Crippen LogP contribution in [0.5, 0.6) is 0 Å². The van der Waals surface area contributed by atoms with E-state index in [-0.39, 0.29) is 16.4 Å². The SMILES string of the molecule is [B]c1c([B])c([B])c(Cc2ccccc2Br)c([B])c1[B]. The normalized spacial score (nSPS) is 10.6. The standard InChI is InChI=1S/C13H6B5Br/c14-9-7(5-6-3-1-2-4-8(6)19)10(15)12(17)13(18)11(9)16/h1-4H,5H2. The molecule has 0 heterocycles. The molecule has 0 saturated heterocycles. The fourth-order valence-corrected chi connectivity index (χ4v) is 2.35. The lowest BCUT2D eigenvalue weighted by Crippen LogP contribution is -2.56. The second kappa shape index (κ2) is 5.70. The van der Waals surface area contributed by atoms with Gasteiger partial charge >= 0.3 is 0 Å². The number of rotatable bonds is 2. The highest BCUT2D eigenvalue weighted by Crippen LogP contribution is 2.17. The van der Waals surface area contributed by atoms with Crippen LogP contribution >= 0.6 is 15.9 Å². The van der Waals surface area contributed by atoms with Crippen molar-refractivity contribution in [2.24, 2.45) is 0 Å². The zero-order chi connectivity index (χ0) is 14.2. The minimum atomic E-state index is 0.242. The molecule has 2 aromatic carbocycles. The Balaban J connectivity index is 2.56. The maximum absolute atomic E-state index is 6.00. The molecule has 0 nitrogen and oxygen atoms in total. The molecule has 0 unspecified atom stereocenters. The largest absolute Gasteiger partial charge is 0.113 e. The first-order chi connectivity index (χ1) is 8.93. The molecule has 0 N–H and O–H groups in total. The monoisotopic (exact) mass is 296 g/mol. The third-order valence-corrected chi connectivity index (χ3v) is 3.91. The molecule has 80 valence electrons. The van der Waals surface area contributed by atoms with Crippen LogP contribution in [-0.4, -0.2) is 39.2 Å². The Morgan fingerprint density at radius 2 is 1.21 bits per heavy atom. The molecular formula is C13H6B5Br. The highest BCUT2D eigenvalue weighted by atomic mass is 79.9. The van der Waals surface area contributed by atoms with Crippen molar-refractivity contribution in [2.75, 3.05) is 0 Å². The predicted molar refractivity (Wildman–Crippen MR) is 90.3 cm³/mol. The summed E-state index contributed by atoms with van der Waals surface area (Å²) in [5.74, 6) is 0. The van der Waals surface area contributed by atoms with Gasteiger partial charge in [0.15, 0.2) is 0 Å². The van der Waals surface area contributed by atoms with E-state index >= 15 is 0 Å². The summed E-state index contributed by atoms with van der Waals surface area (Å²) < 4.78 is 0.975. The molecule has 0 bridgehead atoms. The Morgan fingerprint density at radius 1 is 0.737 bits per heavy atom. The fourth-order valence-electron chi connectivity index (χ4n) is 1.93. The zero-order valence-electron chi connectivity index (χ0n) is 10.3. The molecule has 0 fully saturated rings. The Kier molecular flexibility index (Phi) is 4.40. The molecule has 0 amide bonds. The minimum absolute atomic E-state index is 0.242. The first-order valence-electron chi connectivity index (χ1n) is 5.67. The molecule has 0 atom stereocenters. The molecule has 2 aromatic rings. The van der Waals surface area contributed by atoms with Crippen molar-refractivity contribution in [3.63, 3.8) is 0 Å². The molecule has 0 aliphatic heterocycles. The van der Waals surface area contributed by atoms with Crippen LogP contribution in [0, 0.1) is 0 Å². The van der Waals surface area contributed by atoms with Gasteiger partial charge in [0.1, 0.15) is 39.2 Å². The Bertz CT molecular complexity index is 610. The van der Waals surface area contributed by atoms with E-state index in [4.69, 9.17) is 39.2 Å². The lowest BCUT2D eigenvalue weighted by Gasteiger charge is -2.21. The average Bonchev–Trinajstić information content (AvgIpc) is 2.41. The van der Waals surface area contributed by atoms with Gasteiger partial charge in [-0.2, -0.15) is 0 Å². The first kappa shape index (κ1) is 14.6. The molecule has 0 aromatic heterocycles. The van der Waals surface area contributed by atoms with E-state index in [1.807, 2.05) is 24.3 Å². The van der Waals surface area contributed by atoms with Gasteiger partial charge in [0.05, 0.1) is 0 Å². The van der Waals surface area contributed by atoms with E-state index in [9.17, 15) is 0 Å². The lowest BCUT2D eigenvalue weighted by atomic mass is 9.60. The lowest BCUT2D eigenvalue weighted by molar-refractivity contribution is 1.21. The van der Waals surface area contributed by atoms with Crippen molar-refractivity contribution < 1.29 is 0 Å². The van der Waals surface area contributed by atoms with Crippen molar-refractivity contribution in [2.45, 2.75) is 6.42 Å². The van der Waals surface area contributed by atoms with E-state index in [2.05, 4.69) is 15.9 Å². The summed E-state index contributed by atoms with van der Waals surface area (Å²) in [6.07, 6.45) is 0.535. The quantitative estimate of drug-likeness (QED) is 0.563. The highest BCUT2D eigenvalue weighted by molar-refractivity contribution is 9.10. The van der Waals surface area contributed by atoms with Gasteiger partial charge in [-0.15, -0.1) is 27.3 Å². The van der Waals surface area contributed by atoms with Crippen LogP contribution in [0.1, 0.15) is 11.1 Å². The fraction of sp³-hybridized carbons (Fsp3) is 0.0769. The highest BCUT2D eigenvalue weighted by Gasteiger charge is 2.11. The van der Waals surface area contributed by atoms with Gasteiger partial charge in [-0.05, 0) is 18.1 Å². The number of hydrogen-bond acceptors (Lipinski definition) is 0. The molecule has 0 saturated carbocycles. The van der Waals surface area contributed by atoms with Crippen LogP contribution in [0.15, 0.2) is 28.7 Å². The summed E-state index contributed by atoms with van der Waals surface area (Å²) >= 11 is 3.49. The molecule has 0 aliphatic carbocycles. The van der Waals surface area contributed by atoms with Crippen molar-refractivity contribution >= 4 is 82.5 Å². The predicted octanol–water partition coefficient (Wildman–Crippen LogP) is -1.99. The first-order valence-corrected chi connectivity index (χ1v) is 6.46. The van der Waals surface area contributed by atoms with Crippen molar-refractivity contribution in [1.29, 1.82) is 0 Å². The van der Waals surface area contributed by atoms with E-state index in [0.29, 0.717) is 22.9 Å². The Morgan fingerprint density at radius 3 is 1.74 bits per heavy atom. The van der Waals surface area contributed by atoms with Gasteiger partial charge in [0.2, 0.25) is 0 Å². The van der Waals surface area contributed by atoms with Crippen LogP contribution in [-0.2, 0) is 6.42 Å². The Labute approximate surface area is 128 Å². The zero-order valence-corrected chi connectivity index (χ0v) is 11.9. The van der Waals surface area contributed by atoms with Crippen LogP contribution in [0.2, 0.25) is 0 Å². The summed E-state index contributed by atoms with van der Waals surface area (Å²) in [6.45, 7) is 0. The number of halogens is 1. The average molecular weight is 296 g/mol. The molecule has 0 aliphatic rings. The number of benzene rings is 2. The second-order valence-electron chi connectivity index (χ2n) is 4.32. The summed E-state index contributed by atoms with van der Waals surface area (Å²) in [5, 5.41) is 0. The van der Waals surface area contributed by atoms with E-state index < -0.39 is 0 Å². The maximum atomic E-state index is 6.00. The summed E-state index contributed by atoms with van der Waals surface area (Å²) in [5.41, 5.74) is 3.34. The van der Waals surface area contributed by atoms with Crippen LogP contribution < -0.4 is 27.3 Å². The number of hydrogen-bond donors (Lipinski definition) is 0. The van der Waals surface area contributed by atoms with E-state index in [0.717, 1.165) is 10.0 Å². The Hall–Kier alpha value is -0.755. The molecular weight excluding hydrogens is 290 g/mol. The minimum Gasteiger partial charge on any atom is -0.112 e. The van der Waals surface area contributed by atoms with E-state index in [1.165, 1.54) is 0 Å². The van der Waals surface area contributed by atoms with Crippen LogP contribution in [0.4, 0.5) is 0 Å². The van der Waals surface area contributed by atoms with E-state index in [1.54, 1.807) is 0 Å². The molecule has 2 rings (SSSR count). The summed E-state index contributed by atoms with van der Waals surface area (Å²) in [4.78, 5) is 0. The van der Waals surface area contributed by atoms with Crippen molar-refractivity contribution in [3.8, 4) is 0 Å². The van der Waals surface area contributed by atoms with Gasteiger partial charge in [-0.1, -0.05) is 39.7 Å². The third kappa shape index (κ3) is 2.74. The smallest absolute Gasteiger partial charge is 0.112 e. The molecule has 6 heteroatoms. The van der Waals surface area contributed by atoms with Crippen LogP contribution in [0.3, 0.4) is 0 Å².